The van der Waals surface area contributed by atoms with Crippen molar-refractivity contribution >= 4 is 28.4 Å². The minimum absolute atomic E-state index is 0.517. The molecule has 0 spiro atoms. The lowest BCUT2D eigenvalue weighted by atomic mass is 10.0. The first kappa shape index (κ1) is 24.3. The van der Waals surface area contributed by atoms with Crippen molar-refractivity contribution in [3.63, 3.8) is 0 Å². The zero-order valence-electron chi connectivity index (χ0n) is 18.0. The number of halogens is 3. The van der Waals surface area contributed by atoms with Crippen LogP contribution in [-0.4, -0.2) is 34.3 Å². The van der Waals surface area contributed by atoms with Crippen LogP contribution in [-0.2, 0) is 11.3 Å². The second kappa shape index (κ2) is 10.5. The third-order valence-corrected chi connectivity index (χ3v) is 4.75. The van der Waals surface area contributed by atoms with Crippen LogP contribution in [0.15, 0.2) is 73.1 Å². The molecule has 4 aromatic rings. The zero-order chi connectivity index (χ0) is 24.7. The summed E-state index contributed by atoms with van der Waals surface area (Å²) in [4.78, 5) is 17.6. The molecule has 0 bridgehead atoms. The molecular formula is C24H21F3N4O3. The van der Waals surface area contributed by atoms with Crippen molar-refractivity contribution in [2.75, 3.05) is 18.2 Å². The lowest BCUT2D eigenvalue weighted by molar-refractivity contribution is -0.192. The number of ether oxygens (including phenoxy) is 1. The molecule has 0 saturated heterocycles. The van der Waals surface area contributed by atoms with Crippen LogP contribution in [0.25, 0.3) is 21.9 Å². The Hall–Kier alpha value is -4.34. The molecule has 2 heterocycles. The number of nitrogens with one attached hydrogen (secondary N) is 1. The number of hydrogen-bond acceptors (Lipinski definition) is 6. The molecule has 2 aromatic carbocycles. The van der Waals surface area contributed by atoms with Gasteiger partial charge in [-0.15, -0.1) is 0 Å². The first-order valence-electron chi connectivity index (χ1n) is 9.95. The van der Waals surface area contributed by atoms with Crippen molar-refractivity contribution in [3.05, 3.63) is 78.6 Å². The average molecular weight is 470 g/mol. The number of aliphatic carboxylic acids is 1. The molecular weight excluding hydrogens is 449 g/mol. The van der Waals surface area contributed by atoms with Gasteiger partial charge in [0.05, 0.1) is 7.11 Å². The second-order valence-corrected chi connectivity index (χ2v) is 7.07. The van der Waals surface area contributed by atoms with E-state index in [0.717, 1.165) is 39.0 Å². The van der Waals surface area contributed by atoms with Crippen LogP contribution in [0.3, 0.4) is 0 Å². The number of pyridine rings is 2. The van der Waals surface area contributed by atoms with Gasteiger partial charge in [-0.25, -0.2) is 14.8 Å². The summed E-state index contributed by atoms with van der Waals surface area (Å²) in [7, 11) is 1.67. The van der Waals surface area contributed by atoms with Crippen LogP contribution in [0.5, 0.6) is 5.75 Å². The lowest BCUT2D eigenvalue weighted by Gasteiger charge is -2.11. The van der Waals surface area contributed by atoms with Gasteiger partial charge in [-0.05, 0) is 52.9 Å². The fourth-order valence-corrected chi connectivity index (χ4v) is 2.99. The van der Waals surface area contributed by atoms with Crippen molar-refractivity contribution in [2.45, 2.75) is 12.7 Å². The standard InChI is InChI=1S/C22H20N4O.C2HF3O2/c1-27-19-7-2-15(3-8-19)13-26-22-20-12-17(5-4-16(20)10-11-24-22)18-6-9-21(23)25-14-18;3-2(4,5)1(6)7/h2-12,14H,13H2,1H3,(H2,23,25)(H,24,26);(H,6,7). The number of hydrogen-bond donors (Lipinski definition) is 3. The number of carboxylic acid groups (broad SMARTS) is 1. The fourth-order valence-electron chi connectivity index (χ4n) is 2.99. The van der Waals surface area contributed by atoms with Crippen molar-refractivity contribution in [1.29, 1.82) is 0 Å². The Bertz CT molecular complexity index is 1260. The highest BCUT2D eigenvalue weighted by Gasteiger charge is 2.38. The highest BCUT2D eigenvalue weighted by atomic mass is 19.4. The van der Waals surface area contributed by atoms with E-state index < -0.39 is 12.1 Å². The summed E-state index contributed by atoms with van der Waals surface area (Å²) in [5.41, 5.74) is 8.96. The molecule has 176 valence electrons. The predicted octanol–water partition coefficient (Wildman–Crippen LogP) is 5.13. The summed E-state index contributed by atoms with van der Waals surface area (Å²) in [6.07, 6.45) is -1.47. The van der Waals surface area contributed by atoms with E-state index in [9.17, 15) is 13.2 Å². The van der Waals surface area contributed by atoms with Crippen molar-refractivity contribution < 1.29 is 27.8 Å². The number of carbonyl (C=O) groups is 1. The Morgan fingerprint density at radius 2 is 1.71 bits per heavy atom. The van der Waals surface area contributed by atoms with Crippen LogP contribution >= 0.6 is 0 Å². The van der Waals surface area contributed by atoms with Gasteiger partial charge in [0, 0.05) is 29.9 Å². The maximum Gasteiger partial charge on any atom is 0.490 e. The maximum atomic E-state index is 10.6. The number of rotatable bonds is 5. The number of nitrogens with two attached hydrogens (primary N) is 1. The summed E-state index contributed by atoms with van der Waals surface area (Å²) in [6.45, 7) is 0.684. The first-order chi connectivity index (χ1) is 16.2. The molecule has 4 N–H and O–H groups in total. The van der Waals surface area contributed by atoms with E-state index in [4.69, 9.17) is 20.4 Å². The number of nitrogens with zero attached hydrogens (tertiary/aromatic N) is 2. The molecule has 7 nitrogen and oxygen atoms in total. The SMILES string of the molecule is COc1ccc(CNc2nccc3ccc(-c4ccc(N)nc4)cc23)cc1.O=C(O)C(F)(F)F. The van der Waals surface area contributed by atoms with Gasteiger partial charge in [-0.2, -0.15) is 13.2 Å². The van der Waals surface area contributed by atoms with E-state index in [-0.39, 0.29) is 0 Å². The number of fused-ring (bicyclic) bond motifs is 1. The predicted molar refractivity (Wildman–Crippen MR) is 123 cm³/mol. The van der Waals surface area contributed by atoms with Gasteiger partial charge in [0.25, 0.3) is 0 Å². The molecule has 0 aliphatic carbocycles. The van der Waals surface area contributed by atoms with Gasteiger partial charge < -0.3 is 20.9 Å². The molecule has 0 amide bonds. The highest BCUT2D eigenvalue weighted by Crippen LogP contribution is 2.28. The topological polar surface area (TPSA) is 110 Å². The quantitative estimate of drug-likeness (QED) is 0.371. The van der Waals surface area contributed by atoms with Crippen LogP contribution in [0.2, 0.25) is 0 Å². The third kappa shape index (κ3) is 6.35. The van der Waals surface area contributed by atoms with Crippen LogP contribution < -0.4 is 15.8 Å². The normalized spacial score (nSPS) is 10.8. The summed E-state index contributed by atoms with van der Waals surface area (Å²) in [5, 5.41) is 12.8. The lowest BCUT2D eigenvalue weighted by Crippen LogP contribution is -2.21. The van der Waals surface area contributed by atoms with Gasteiger partial charge in [0.2, 0.25) is 0 Å². The molecule has 0 radical (unpaired) electrons. The first-order valence-corrected chi connectivity index (χ1v) is 9.95. The van der Waals surface area contributed by atoms with Gasteiger partial charge in [-0.3, -0.25) is 0 Å². The number of alkyl halides is 3. The number of nitrogen functional groups attached to an aromatic ring is 1. The van der Waals surface area contributed by atoms with Crippen molar-refractivity contribution in [3.8, 4) is 16.9 Å². The van der Waals surface area contributed by atoms with Gasteiger partial charge >= 0.3 is 12.1 Å². The Kier molecular flexibility index (Phi) is 7.52. The fraction of sp³-hybridized carbons (Fsp3) is 0.125. The van der Waals surface area contributed by atoms with Crippen LogP contribution in [0.4, 0.5) is 24.8 Å². The van der Waals surface area contributed by atoms with Crippen LogP contribution in [0, 0.1) is 0 Å². The Balaban J connectivity index is 0.000000406. The molecule has 34 heavy (non-hydrogen) atoms. The van der Waals surface area contributed by atoms with E-state index in [1.165, 1.54) is 0 Å². The van der Waals surface area contributed by atoms with Crippen molar-refractivity contribution in [2.24, 2.45) is 0 Å². The van der Waals surface area contributed by atoms with E-state index in [0.29, 0.717) is 12.4 Å². The summed E-state index contributed by atoms with van der Waals surface area (Å²) < 4.78 is 36.9. The van der Waals surface area contributed by atoms with E-state index >= 15 is 0 Å². The molecule has 0 unspecified atom stereocenters. The van der Waals surface area contributed by atoms with Crippen molar-refractivity contribution in [1.82, 2.24) is 9.97 Å². The molecule has 0 atom stereocenters. The maximum absolute atomic E-state index is 10.6. The molecule has 0 aliphatic heterocycles. The average Bonchev–Trinajstić information content (AvgIpc) is 2.83. The Morgan fingerprint density at radius 1 is 1.03 bits per heavy atom. The largest absolute Gasteiger partial charge is 0.497 e. The van der Waals surface area contributed by atoms with E-state index in [1.54, 1.807) is 13.3 Å². The highest BCUT2D eigenvalue weighted by molar-refractivity contribution is 5.94. The summed E-state index contributed by atoms with van der Waals surface area (Å²) in [5.74, 6) is -0.534. The Labute approximate surface area is 193 Å². The number of methoxy groups -OCH3 is 1. The smallest absolute Gasteiger partial charge is 0.490 e. The molecule has 0 saturated carbocycles. The molecule has 0 fully saturated rings. The molecule has 2 aromatic heterocycles. The van der Waals surface area contributed by atoms with Gasteiger partial charge in [0.15, 0.2) is 0 Å². The third-order valence-electron chi connectivity index (χ3n) is 4.75. The number of aromatic nitrogens is 2. The molecule has 10 heteroatoms. The Morgan fingerprint density at radius 3 is 2.29 bits per heavy atom. The monoisotopic (exact) mass is 470 g/mol. The van der Waals surface area contributed by atoms with E-state index in [1.807, 2.05) is 48.7 Å². The second-order valence-electron chi connectivity index (χ2n) is 7.07. The van der Waals surface area contributed by atoms with Gasteiger partial charge in [0.1, 0.15) is 17.4 Å². The number of benzene rings is 2. The van der Waals surface area contributed by atoms with Crippen LogP contribution in [0.1, 0.15) is 5.56 Å². The van der Waals surface area contributed by atoms with E-state index in [2.05, 4.69) is 33.5 Å². The zero-order valence-corrected chi connectivity index (χ0v) is 18.0. The van der Waals surface area contributed by atoms with Gasteiger partial charge in [-0.1, -0.05) is 24.3 Å². The summed E-state index contributed by atoms with van der Waals surface area (Å²) >= 11 is 0. The number of carboxylic acids is 1. The molecule has 4 rings (SSSR count). The molecule has 0 aliphatic rings. The minimum Gasteiger partial charge on any atom is -0.497 e. The number of anilines is 2. The minimum atomic E-state index is -5.08. The summed E-state index contributed by atoms with van der Waals surface area (Å²) in [6, 6.07) is 20.1.